The van der Waals surface area contributed by atoms with Gasteiger partial charge in [-0.15, -0.1) is 18.9 Å². The number of benzene rings is 3. The van der Waals surface area contributed by atoms with Gasteiger partial charge in [0.05, 0.1) is 29.0 Å². The van der Waals surface area contributed by atoms with Gasteiger partial charge in [-0.25, -0.2) is 14.9 Å². The molecule has 235 valence electrons. The van der Waals surface area contributed by atoms with Crippen molar-refractivity contribution >= 4 is 79.7 Å². The summed E-state index contributed by atoms with van der Waals surface area (Å²) in [4.78, 5) is 2.16. The van der Waals surface area contributed by atoms with E-state index in [2.05, 4.69) is 44.6 Å². The first-order valence-electron chi connectivity index (χ1n) is 10.6. The molecular formula is C20H14ClCuF2N5O11S3. The number of amidine groups is 1. The number of phenols is 2. The predicted molar refractivity (Wildman–Crippen MR) is 142 cm³/mol. The molecular weight excluding hydrogens is 719 g/mol. The Labute approximate surface area is 262 Å². The molecule has 0 spiro atoms. The molecule has 1 heterocycles. The molecule has 0 fully saturated rings. The molecule has 1 radical (unpaired) electrons. The van der Waals surface area contributed by atoms with E-state index in [-0.39, 0.29) is 54.8 Å². The SMILES string of the molecule is O=S(=O)(O)c1cc(N=Nc2ccc(NC3=C(Cl)C(F)N=C(F)N3)cc2O)c(O)c2c(SOOO)cc(SOOO)cc12.[Cu]. The second-order valence-electron chi connectivity index (χ2n) is 7.65. The number of aromatic hydroxyl groups is 2. The van der Waals surface area contributed by atoms with Crippen molar-refractivity contribution in [2.45, 2.75) is 21.0 Å². The summed E-state index contributed by atoms with van der Waals surface area (Å²) in [6, 6.07) is 6.74. The number of anilines is 1. The van der Waals surface area contributed by atoms with Crippen LogP contribution in [0, 0.1) is 0 Å². The minimum absolute atomic E-state index is 0. The molecule has 0 saturated carbocycles. The number of nitrogens with zero attached hydrogens (tertiary/aromatic N) is 3. The molecule has 0 aromatic heterocycles. The number of rotatable bonds is 11. The van der Waals surface area contributed by atoms with Gasteiger partial charge in [-0.05, 0) is 30.3 Å². The monoisotopic (exact) mass is 732 g/mol. The maximum Gasteiger partial charge on any atom is 0.295 e. The summed E-state index contributed by atoms with van der Waals surface area (Å²) in [5.41, 5.74) is -0.611. The van der Waals surface area contributed by atoms with E-state index < -0.39 is 49.6 Å². The summed E-state index contributed by atoms with van der Waals surface area (Å²) < 4.78 is 70.2. The van der Waals surface area contributed by atoms with Crippen LogP contribution in [0.4, 0.5) is 25.8 Å². The molecule has 0 amide bonds. The van der Waals surface area contributed by atoms with Crippen LogP contribution < -0.4 is 10.6 Å². The van der Waals surface area contributed by atoms with Gasteiger partial charge >= 0.3 is 0 Å². The van der Waals surface area contributed by atoms with Gasteiger partial charge in [0.1, 0.15) is 32.9 Å². The maximum absolute atomic E-state index is 13.7. The molecule has 4 rings (SSSR count). The van der Waals surface area contributed by atoms with Crippen molar-refractivity contribution < 1.29 is 78.3 Å². The summed E-state index contributed by atoms with van der Waals surface area (Å²) in [7, 11) is -4.98. The zero-order chi connectivity index (χ0) is 30.6. The van der Waals surface area contributed by atoms with E-state index >= 15 is 0 Å². The number of alkyl halides is 1. The standard InChI is InChI=1S/C20H14ClF2N5O11S3.Cu/c21-16-18(22)25-20(23)26-19(16)24-7-1-2-10(12(29)3-7)27-28-11-6-14(42(33,34)35)9-4-8(40-38-36-31)5-13(41-39-37-32)15(9)17(11)30;/h1-6,18,24,29-32H,(H,25,26)(H,33,34,35);. The molecule has 3 aromatic rings. The molecule has 1 unspecified atom stereocenters. The normalized spacial score (nSPS) is 15.4. The molecule has 23 heteroatoms. The first kappa shape index (κ1) is 34.7. The Bertz CT molecular complexity index is 1740. The Morgan fingerprint density at radius 1 is 1.05 bits per heavy atom. The average Bonchev–Trinajstić information content (AvgIpc) is 2.92. The largest absolute Gasteiger partial charge is 0.506 e. The van der Waals surface area contributed by atoms with E-state index in [1.165, 1.54) is 18.2 Å². The molecule has 0 saturated heterocycles. The fourth-order valence-electron chi connectivity index (χ4n) is 3.44. The van der Waals surface area contributed by atoms with Crippen molar-refractivity contribution in [1.82, 2.24) is 5.32 Å². The number of nitrogens with one attached hydrogen (secondary N) is 2. The van der Waals surface area contributed by atoms with Gasteiger partial charge < -0.3 is 20.8 Å². The van der Waals surface area contributed by atoms with Gasteiger partial charge in [-0.2, -0.15) is 17.8 Å². The molecule has 43 heavy (non-hydrogen) atoms. The number of azo groups is 1. The Balaban J connectivity index is 0.00000506. The van der Waals surface area contributed by atoms with Crippen molar-refractivity contribution in [2.24, 2.45) is 15.2 Å². The third-order valence-electron chi connectivity index (χ3n) is 5.09. The van der Waals surface area contributed by atoms with Crippen molar-refractivity contribution in [1.29, 1.82) is 0 Å². The average molecular weight is 734 g/mol. The summed E-state index contributed by atoms with van der Waals surface area (Å²) in [6.45, 7) is 0. The fourth-order valence-corrected chi connectivity index (χ4v) is 5.36. The molecule has 0 aliphatic carbocycles. The quantitative estimate of drug-likeness (QED) is 0.0234. The molecule has 1 atom stereocenters. The second-order valence-corrected chi connectivity index (χ2v) is 11.0. The predicted octanol–water partition coefficient (Wildman–Crippen LogP) is 5.81. The van der Waals surface area contributed by atoms with E-state index in [4.69, 9.17) is 22.1 Å². The van der Waals surface area contributed by atoms with Crippen LogP contribution >= 0.6 is 35.7 Å². The zero-order valence-electron chi connectivity index (χ0n) is 20.2. The number of hydrogen-bond donors (Lipinski definition) is 7. The van der Waals surface area contributed by atoms with Crippen LogP contribution in [0.5, 0.6) is 11.5 Å². The molecule has 7 N–H and O–H groups in total. The first-order valence-corrected chi connectivity index (χ1v) is 13.9. The Hall–Kier alpha value is -2.83. The van der Waals surface area contributed by atoms with Crippen molar-refractivity contribution in [3.05, 3.63) is 47.3 Å². The Morgan fingerprint density at radius 3 is 2.37 bits per heavy atom. The molecule has 1 aliphatic rings. The van der Waals surface area contributed by atoms with E-state index in [9.17, 15) is 32.0 Å². The first-order chi connectivity index (χ1) is 19.9. The summed E-state index contributed by atoms with van der Waals surface area (Å²) in [5, 5.41) is 56.6. The van der Waals surface area contributed by atoms with Gasteiger partial charge in [-0.3, -0.25) is 4.55 Å². The van der Waals surface area contributed by atoms with E-state index in [0.29, 0.717) is 24.1 Å². The van der Waals surface area contributed by atoms with Crippen molar-refractivity contribution in [3.8, 4) is 11.5 Å². The van der Waals surface area contributed by atoms with Crippen molar-refractivity contribution in [2.75, 3.05) is 5.32 Å². The summed E-state index contributed by atoms with van der Waals surface area (Å²) in [5.74, 6) is -1.48. The molecule has 16 nitrogen and oxygen atoms in total. The third-order valence-corrected chi connectivity index (χ3v) is 7.54. The number of aliphatic imine (C=N–C) groups is 1. The van der Waals surface area contributed by atoms with Crippen LogP contribution in [0.1, 0.15) is 0 Å². The summed E-state index contributed by atoms with van der Waals surface area (Å²) in [6.07, 6.45) is -3.38. The number of fused-ring (bicyclic) bond motifs is 1. The topological polar surface area (TPSA) is 233 Å². The maximum atomic E-state index is 13.7. The van der Waals surface area contributed by atoms with Crippen LogP contribution in [0.3, 0.4) is 0 Å². The number of halogens is 3. The second kappa shape index (κ2) is 14.8. The fraction of sp³-hybridized carbons (Fsp3) is 0.0500. The third kappa shape index (κ3) is 8.21. The van der Waals surface area contributed by atoms with Crippen LogP contribution in [0.25, 0.3) is 10.8 Å². The van der Waals surface area contributed by atoms with E-state index in [1.807, 2.05) is 0 Å². The summed E-state index contributed by atoms with van der Waals surface area (Å²) >= 11 is 6.48. The van der Waals surface area contributed by atoms with E-state index in [0.717, 1.165) is 18.2 Å². The smallest absolute Gasteiger partial charge is 0.295 e. The Morgan fingerprint density at radius 2 is 1.72 bits per heavy atom. The van der Waals surface area contributed by atoms with Crippen LogP contribution in [-0.2, 0) is 45.9 Å². The van der Waals surface area contributed by atoms with Gasteiger partial charge in [0, 0.05) is 44.5 Å². The number of hydrogen-bond acceptors (Lipinski definition) is 17. The van der Waals surface area contributed by atoms with Crippen LogP contribution in [0.2, 0.25) is 0 Å². The van der Waals surface area contributed by atoms with Gasteiger partial charge in [0.25, 0.3) is 16.2 Å². The van der Waals surface area contributed by atoms with Crippen LogP contribution in [0.15, 0.2) is 77.2 Å². The van der Waals surface area contributed by atoms with E-state index in [1.54, 1.807) is 0 Å². The minimum Gasteiger partial charge on any atom is -0.506 e. The Kier molecular flexibility index (Phi) is 11.9. The van der Waals surface area contributed by atoms with Gasteiger partial charge in [0.15, 0.2) is 5.75 Å². The molecule has 0 bridgehead atoms. The minimum atomic E-state index is -4.98. The van der Waals surface area contributed by atoms with Crippen molar-refractivity contribution in [3.63, 3.8) is 0 Å². The molecule has 1 aliphatic heterocycles. The van der Waals surface area contributed by atoms with Gasteiger partial charge in [-0.1, -0.05) is 21.7 Å². The van der Waals surface area contributed by atoms with Crippen LogP contribution in [-0.4, -0.2) is 46.1 Å². The van der Waals surface area contributed by atoms with Gasteiger partial charge in [0.2, 0.25) is 6.30 Å². The zero-order valence-corrected chi connectivity index (χ0v) is 24.4. The molecule has 3 aromatic carbocycles. The number of phenolic OH excluding ortho intramolecular Hbond substituents is 2.